The summed E-state index contributed by atoms with van der Waals surface area (Å²) >= 11 is 0. The normalized spacial score (nSPS) is 12.6. The van der Waals surface area contributed by atoms with Crippen molar-refractivity contribution in [2.75, 3.05) is 37.4 Å². The number of carbonyl (C=O) groups excluding carboxylic acids is 1. The maximum absolute atomic E-state index is 12.3. The third kappa shape index (κ3) is 8.56. The van der Waals surface area contributed by atoms with Crippen LogP contribution in [0.2, 0.25) is 0 Å². The van der Waals surface area contributed by atoms with Gasteiger partial charge in [-0.2, -0.15) is 0 Å². The van der Waals surface area contributed by atoms with Gasteiger partial charge in [0, 0.05) is 30.5 Å². The molecule has 1 aliphatic rings. The molecule has 0 bridgehead atoms. The fourth-order valence-electron chi connectivity index (χ4n) is 2.80. The van der Waals surface area contributed by atoms with Gasteiger partial charge in [-0.1, -0.05) is 33.1 Å². The number of allylic oxidation sites excluding steroid dienone is 3. The summed E-state index contributed by atoms with van der Waals surface area (Å²) in [6.45, 7) is 13.4. The van der Waals surface area contributed by atoms with Gasteiger partial charge in [0.1, 0.15) is 5.76 Å². The van der Waals surface area contributed by atoms with Crippen LogP contribution in [0.4, 0.5) is 11.4 Å². The van der Waals surface area contributed by atoms with E-state index in [0.717, 1.165) is 18.8 Å². The number of hydrogen-bond acceptors (Lipinski definition) is 5. The Bertz CT molecular complexity index is 832. The molecule has 2 aromatic rings. The van der Waals surface area contributed by atoms with Gasteiger partial charge >= 0.3 is 0 Å². The van der Waals surface area contributed by atoms with Gasteiger partial charge < -0.3 is 24.7 Å². The first-order chi connectivity index (χ1) is 15.1. The summed E-state index contributed by atoms with van der Waals surface area (Å²) < 4.78 is 10.9. The number of nitrogens with zero attached hydrogens (tertiary/aromatic N) is 1. The molecule has 0 unspecified atom stereocenters. The van der Waals surface area contributed by atoms with Crippen LogP contribution in [-0.4, -0.2) is 33.1 Å². The molecule has 2 heterocycles. The first kappa shape index (κ1) is 25.8. The number of furan rings is 1. The summed E-state index contributed by atoms with van der Waals surface area (Å²) in [7, 11) is 3.75. The monoisotopic (exact) mass is 425 g/mol. The highest BCUT2D eigenvalue weighted by Crippen LogP contribution is 2.23. The summed E-state index contributed by atoms with van der Waals surface area (Å²) in [4.78, 5) is 14.7. The molecule has 1 saturated heterocycles. The minimum Gasteiger partial charge on any atom is -0.426 e. The van der Waals surface area contributed by atoms with Crippen LogP contribution in [-0.2, 0) is 0 Å². The second kappa shape index (κ2) is 14.7. The second-order valence-corrected chi connectivity index (χ2v) is 6.42. The van der Waals surface area contributed by atoms with Crippen LogP contribution in [0.3, 0.4) is 0 Å². The van der Waals surface area contributed by atoms with Crippen LogP contribution in [0, 0.1) is 0 Å². The number of anilines is 2. The first-order valence-electron chi connectivity index (χ1n) is 10.6. The SMILES string of the molecule is C=C/C=C(\C=C)Oc1ccc(C(=O)Nc2ccc(N3CCCC3)cc2)o1.CC.CNC. The largest absolute Gasteiger partial charge is 0.426 e. The fourth-order valence-corrected chi connectivity index (χ4v) is 2.80. The molecule has 0 aliphatic carbocycles. The molecule has 1 fully saturated rings. The Morgan fingerprint density at radius 3 is 2.23 bits per heavy atom. The molecule has 31 heavy (non-hydrogen) atoms. The van der Waals surface area contributed by atoms with E-state index in [1.54, 1.807) is 24.3 Å². The van der Waals surface area contributed by atoms with Gasteiger partial charge in [-0.05, 0) is 69.4 Å². The third-order valence-corrected chi connectivity index (χ3v) is 4.10. The smallest absolute Gasteiger partial charge is 0.291 e. The van der Waals surface area contributed by atoms with Gasteiger partial charge in [0.15, 0.2) is 5.76 Å². The lowest BCUT2D eigenvalue weighted by Gasteiger charge is -2.17. The maximum atomic E-state index is 12.3. The Morgan fingerprint density at radius 2 is 1.68 bits per heavy atom. The molecule has 1 aromatic carbocycles. The van der Waals surface area contributed by atoms with Crippen molar-refractivity contribution >= 4 is 17.3 Å². The van der Waals surface area contributed by atoms with Crippen LogP contribution >= 0.6 is 0 Å². The lowest BCUT2D eigenvalue weighted by Crippen LogP contribution is -2.17. The van der Waals surface area contributed by atoms with Gasteiger partial charge in [-0.25, -0.2) is 0 Å². The van der Waals surface area contributed by atoms with Crippen molar-refractivity contribution in [3.63, 3.8) is 0 Å². The van der Waals surface area contributed by atoms with Crippen LogP contribution < -0.4 is 20.3 Å². The standard InChI is InChI=1S/C21H22N2O3.C2H7N.C2H6/c1-3-7-18(4-2)25-20-13-12-19(26-20)21(24)22-16-8-10-17(11-9-16)23-14-5-6-15-23;1-3-2;1-2/h3-4,7-13H,1-2,5-6,14-15H2,(H,22,24);3H,1-2H3;1-2H3/b18-7+;;. The van der Waals surface area contributed by atoms with E-state index < -0.39 is 0 Å². The predicted molar refractivity (Wildman–Crippen MR) is 130 cm³/mol. The maximum Gasteiger partial charge on any atom is 0.291 e. The Labute approximate surface area is 186 Å². The molecule has 1 aromatic heterocycles. The first-order valence-corrected chi connectivity index (χ1v) is 10.6. The van der Waals surface area contributed by atoms with Crippen molar-refractivity contribution in [2.24, 2.45) is 0 Å². The van der Waals surface area contributed by atoms with Crippen molar-refractivity contribution < 1.29 is 13.9 Å². The lowest BCUT2D eigenvalue weighted by molar-refractivity contribution is 0.0991. The van der Waals surface area contributed by atoms with Crippen LogP contribution in [0.15, 0.2) is 78.0 Å². The van der Waals surface area contributed by atoms with Crippen molar-refractivity contribution in [2.45, 2.75) is 26.7 Å². The zero-order chi connectivity index (χ0) is 23.1. The Morgan fingerprint density at radius 1 is 1.06 bits per heavy atom. The topological polar surface area (TPSA) is 66.7 Å². The molecule has 0 spiro atoms. The molecule has 2 N–H and O–H groups in total. The zero-order valence-electron chi connectivity index (χ0n) is 19.1. The third-order valence-electron chi connectivity index (χ3n) is 4.10. The number of hydrogen-bond donors (Lipinski definition) is 2. The molecule has 0 radical (unpaired) electrons. The molecule has 3 rings (SSSR count). The molecule has 6 nitrogen and oxygen atoms in total. The molecule has 0 saturated carbocycles. The quantitative estimate of drug-likeness (QED) is 0.445. The van der Waals surface area contributed by atoms with Gasteiger partial charge in [0.05, 0.1) is 0 Å². The number of benzene rings is 1. The average molecular weight is 426 g/mol. The van der Waals surface area contributed by atoms with Crippen molar-refractivity contribution in [3.8, 4) is 5.95 Å². The van der Waals surface area contributed by atoms with Gasteiger partial charge in [-0.3, -0.25) is 4.79 Å². The number of amides is 1. The molecular weight excluding hydrogens is 390 g/mol. The molecule has 168 valence electrons. The highest BCUT2D eigenvalue weighted by molar-refractivity contribution is 6.02. The highest BCUT2D eigenvalue weighted by Gasteiger charge is 2.14. The van der Waals surface area contributed by atoms with Crippen molar-refractivity contribution in [3.05, 3.63) is 79.3 Å². The van der Waals surface area contributed by atoms with E-state index in [4.69, 9.17) is 9.15 Å². The van der Waals surface area contributed by atoms with Crippen molar-refractivity contribution in [1.29, 1.82) is 0 Å². The Balaban J connectivity index is 0.000000884. The summed E-state index contributed by atoms with van der Waals surface area (Å²) in [6.07, 6.45) is 7.23. The molecule has 1 amide bonds. The van der Waals surface area contributed by atoms with E-state index >= 15 is 0 Å². The van der Waals surface area contributed by atoms with Crippen LogP contribution in [0.5, 0.6) is 5.95 Å². The fraction of sp³-hybridized carbons (Fsp3) is 0.320. The van der Waals surface area contributed by atoms with Gasteiger partial charge in [0.2, 0.25) is 0 Å². The number of ether oxygens (including phenoxy) is 1. The van der Waals surface area contributed by atoms with Crippen LogP contribution in [0.25, 0.3) is 0 Å². The zero-order valence-corrected chi connectivity index (χ0v) is 19.1. The van der Waals surface area contributed by atoms with E-state index in [9.17, 15) is 4.79 Å². The van der Waals surface area contributed by atoms with E-state index in [0.29, 0.717) is 5.76 Å². The van der Waals surface area contributed by atoms with Crippen molar-refractivity contribution in [1.82, 2.24) is 5.32 Å². The minimum atomic E-state index is -0.332. The molecule has 6 heteroatoms. The minimum absolute atomic E-state index is 0.172. The van der Waals surface area contributed by atoms with E-state index in [1.165, 1.54) is 24.6 Å². The molecule has 0 atom stereocenters. The second-order valence-electron chi connectivity index (χ2n) is 6.42. The summed E-state index contributed by atoms with van der Waals surface area (Å²) in [5, 5.41) is 5.57. The van der Waals surface area contributed by atoms with E-state index in [2.05, 4.69) is 28.7 Å². The summed E-state index contributed by atoms with van der Waals surface area (Å²) in [6, 6.07) is 11.0. The molecular formula is C25H35N3O3. The predicted octanol–water partition coefficient (Wildman–Crippen LogP) is 5.63. The average Bonchev–Trinajstić information content (AvgIpc) is 3.48. The number of rotatable bonds is 7. The highest BCUT2D eigenvalue weighted by atomic mass is 16.6. The van der Waals surface area contributed by atoms with Gasteiger partial charge in [-0.15, -0.1) is 0 Å². The van der Waals surface area contributed by atoms with E-state index in [1.807, 2.05) is 52.2 Å². The summed E-state index contributed by atoms with van der Waals surface area (Å²) in [5.41, 5.74) is 1.90. The van der Waals surface area contributed by atoms with Gasteiger partial charge in [0.25, 0.3) is 11.9 Å². The van der Waals surface area contributed by atoms with Crippen LogP contribution in [0.1, 0.15) is 37.2 Å². The molecule has 1 aliphatic heterocycles. The summed E-state index contributed by atoms with van der Waals surface area (Å²) in [5.74, 6) is 0.540. The Kier molecular flexibility index (Phi) is 12.2. The van der Waals surface area contributed by atoms with E-state index in [-0.39, 0.29) is 17.6 Å². The number of carbonyl (C=O) groups is 1. The number of nitrogens with one attached hydrogen (secondary N) is 2. The Hall–Kier alpha value is -3.25. The lowest BCUT2D eigenvalue weighted by atomic mass is 10.2.